The van der Waals surface area contributed by atoms with Gasteiger partial charge in [0.1, 0.15) is 24.4 Å². The van der Waals surface area contributed by atoms with E-state index in [1.54, 1.807) is 13.8 Å². The van der Waals surface area contributed by atoms with Crippen LogP contribution in [-0.2, 0) is 23.7 Å². The molecule has 3 heterocycles. The first-order valence-corrected chi connectivity index (χ1v) is 8.38. The summed E-state index contributed by atoms with van der Waals surface area (Å²) in [4.78, 5) is 10.6. The first-order valence-electron chi connectivity index (χ1n) is 8.38. The average molecular weight is 351 g/mol. The molecule has 4 rings (SSSR count). The molecule has 0 aromatic heterocycles. The summed E-state index contributed by atoms with van der Waals surface area (Å²) in [5, 5.41) is 11.0. The average Bonchev–Trinajstić information content (AvgIpc) is 2.91. The lowest BCUT2D eigenvalue weighted by Crippen LogP contribution is -2.61. The van der Waals surface area contributed by atoms with Crippen molar-refractivity contribution in [3.63, 3.8) is 0 Å². The molecule has 6 atom stereocenters. The number of benzene rings is 1. The van der Waals surface area contributed by atoms with Crippen LogP contribution in [0.3, 0.4) is 0 Å². The minimum Gasteiger partial charge on any atom is -0.360 e. The van der Waals surface area contributed by atoms with E-state index in [0.717, 1.165) is 5.56 Å². The smallest absolute Gasteiger partial charge is 0.232 e. The zero-order valence-corrected chi connectivity index (χ0v) is 14.1. The lowest BCUT2D eigenvalue weighted by Gasteiger charge is -2.45. The van der Waals surface area contributed by atoms with E-state index in [-0.39, 0.29) is 13.2 Å². The largest absolute Gasteiger partial charge is 0.360 e. The molecule has 0 saturated carbocycles. The van der Waals surface area contributed by atoms with E-state index in [1.165, 1.54) is 0 Å². The van der Waals surface area contributed by atoms with Crippen LogP contribution in [-0.4, -0.2) is 54.4 Å². The highest BCUT2D eigenvalue weighted by atomic mass is 16.8. The van der Waals surface area contributed by atoms with Crippen molar-refractivity contribution in [2.24, 2.45) is 0 Å². The van der Waals surface area contributed by atoms with Gasteiger partial charge in [0, 0.05) is 10.5 Å². The maximum atomic E-state index is 11.0. The van der Waals surface area contributed by atoms with Crippen LogP contribution in [0.2, 0.25) is 0 Å². The fourth-order valence-electron chi connectivity index (χ4n) is 3.69. The van der Waals surface area contributed by atoms with E-state index >= 15 is 0 Å². The predicted octanol–water partition coefficient (Wildman–Crippen LogP) is 1.66. The highest BCUT2D eigenvalue weighted by molar-refractivity contribution is 5.17. The normalized spacial score (nSPS) is 39.4. The molecule has 0 N–H and O–H groups in total. The van der Waals surface area contributed by atoms with Crippen LogP contribution in [0.1, 0.15) is 25.7 Å². The SMILES string of the molecule is CC1(C)O[C@@H]2[C@@H](O1)[C@H](C[N+](=O)[O-])O[C@@H]1CO[C@H](c3ccccc3)O[C@@H]21. The van der Waals surface area contributed by atoms with Crippen LogP contribution in [0.4, 0.5) is 0 Å². The van der Waals surface area contributed by atoms with Gasteiger partial charge in [-0.05, 0) is 13.8 Å². The van der Waals surface area contributed by atoms with Crippen LogP contribution in [0.25, 0.3) is 0 Å². The molecular weight excluding hydrogens is 330 g/mol. The third-order valence-corrected chi connectivity index (χ3v) is 4.66. The van der Waals surface area contributed by atoms with E-state index in [9.17, 15) is 10.1 Å². The van der Waals surface area contributed by atoms with Crippen molar-refractivity contribution in [1.29, 1.82) is 0 Å². The summed E-state index contributed by atoms with van der Waals surface area (Å²) in [6.45, 7) is 3.52. The summed E-state index contributed by atoms with van der Waals surface area (Å²) in [6.07, 6.45) is -3.03. The molecule has 0 aliphatic carbocycles. The van der Waals surface area contributed by atoms with Crippen LogP contribution in [0, 0.1) is 10.1 Å². The molecule has 0 spiro atoms. The van der Waals surface area contributed by atoms with Gasteiger partial charge in [-0.25, -0.2) is 0 Å². The molecular formula is C17H21NO7. The Kier molecular flexibility index (Phi) is 4.25. The Bertz CT molecular complexity index is 637. The molecule has 0 radical (unpaired) electrons. The van der Waals surface area contributed by atoms with E-state index in [0.29, 0.717) is 0 Å². The van der Waals surface area contributed by atoms with Crippen molar-refractivity contribution in [2.45, 2.75) is 56.4 Å². The molecule has 0 bridgehead atoms. The van der Waals surface area contributed by atoms with Gasteiger partial charge in [0.2, 0.25) is 6.54 Å². The topological polar surface area (TPSA) is 89.3 Å². The standard InChI is InChI=1S/C17H21NO7/c1-17(2)24-14-11(8-18(19)20)22-12-9-21-16(10-6-4-3-5-7-10)23-13(12)15(14)25-17/h3-7,11-16H,8-9H2,1-2H3/t11-,12+,13+,14-,15-,16-/m0/s1. The summed E-state index contributed by atoms with van der Waals surface area (Å²) >= 11 is 0. The molecule has 25 heavy (non-hydrogen) atoms. The Labute approximate surface area is 145 Å². The van der Waals surface area contributed by atoms with Crippen LogP contribution >= 0.6 is 0 Å². The minimum absolute atomic E-state index is 0.283. The molecule has 136 valence electrons. The van der Waals surface area contributed by atoms with Crippen LogP contribution < -0.4 is 0 Å². The maximum Gasteiger partial charge on any atom is 0.232 e. The Morgan fingerprint density at radius 3 is 2.56 bits per heavy atom. The molecule has 8 heteroatoms. The van der Waals surface area contributed by atoms with E-state index in [2.05, 4.69) is 0 Å². The Hall–Kier alpha value is -1.58. The van der Waals surface area contributed by atoms with Crippen molar-refractivity contribution in [1.82, 2.24) is 0 Å². The second-order valence-corrected chi connectivity index (χ2v) is 6.97. The van der Waals surface area contributed by atoms with Gasteiger partial charge in [-0.1, -0.05) is 30.3 Å². The van der Waals surface area contributed by atoms with E-state index in [4.69, 9.17) is 23.7 Å². The van der Waals surface area contributed by atoms with Crippen LogP contribution in [0.5, 0.6) is 0 Å². The third-order valence-electron chi connectivity index (χ3n) is 4.66. The number of nitrogens with zero attached hydrogens (tertiary/aromatic N) is 1. The van der Waals surface area contributed by atoms with Gasteiger partial charge in [0.25, 0.3) is 0 Å². The third kappa shape index (κ3) is 3.28. The monoisotopic (exact) mass is 351 g/mol. The second-order valence-electron chi connectivity index (χ2n) is 6.97. The van der Waals surface area contributed by atoms with Gasteiger partial charge in [-0.2, -0.15) is 0 Å². The number of nitro groups is 1. The lowest BCUT2D eigenvalue weighted by molar-refractivity contribution is -0.499. The minimum atomic E-state index is -0.841. The first kappa shape index (κ1) is 16.9. The van der Waals surface area contributed by atoms with E-state index < -0.39 is 47.5 Å². The number of hydrogen-bond donors (Lipinski definition) is 0. The highest BCUT2D eigenvalue weighted by Crippen LogP contribution is 2.42. The lowest BCUT2D eigenvalue weighted by atomic mass is 9.94. The van der Waals surface area contributed by atoms with Gasteiger partial charge in [-0.15, -0.1) is 0 Å². The molecule has 3 fully saturated rings. The number of rotatable bonds is 3. The Balaban J connectivity index is 1.57. The van der Waals surface area contributed by atoms with Crippen molar-refractivity contribution in [2.75, 3.05) is 13.2 Å². The van der Waals surface area contributed by atoms with Crippen LogP contribution in [0.15, 0.2) is 30.3 Å². The predicted molar refractivity (Wildman–Crippen MR) is 84.4 cm³/mol. The van der Waals surface area contributed by atoms with Crippen molar-refractivity contribution >= 4 is 0 Å². The molecule has 8 nitrogen and oxygen atoms in total. The summed E-state index contributed by atoms with van der Waals surface area (Å²) < 4.78 is 29.7. The number of ether oxygens (including phenoxy) is 5. The summed E-state index contributed by atoms with van der Waals surface area (Å²) in [6, 6.07) is 9.61. The van der Waals surface area contributed by atoms with Crippen molar-refractivity contribution in [3.8, 4) is 0 Å². The molecule has 3 aliphatic rings. The second kappa shape index (κ2) is 6.30. The summed E-state index contributed by atoms with van der Waals surface area (Å²) in [7, 11) is 0. The fraction of sp³-hybridized carbons (Fsp3) is 0.647. The number of fused-ring (bicyclic) bond motifs is 3. The summed E-state index contributed by atoms with van der Waals surface area (Å²) in [5.74, 6) is -0.841. The molecule has 1 aromatic rings. The summed E-state index contributed by atoms with van der Waals surface area (Å²) in [5.41, 5.74) is 0.906. The van der Waals surface area contributed by atoms with E-state index in [1.807, 2.05) is 30.3 Å². The van der Waals surface area contributed by atoms with Crippen molar-refractivity contribution < 1.29 is 28.6 Å². The fourth-order valence-corrected chi connectivity index (χ4v) is 3.69. The molecule has 0 unspecified atom stereocenters. The maximum absolute atomic E-state index is 11.0. The molecule has 3 aliphatic heterocycles. The van der Waals surface area contributed by atoms with Crippen molar-refractivity contribution in [3.05, 3.63) is 46.0 Å². The first-order chi connectivity index (χ1) is 11.9. The van der Waals surface area contributed by atoms with Gasteiger partial charge in [-0.3, -0.25) is 10.1 Å². The van der Waals surface area contributed by atoms with Gasteiger partial charge >= 0.3 is 0 Å². The quantitative estimate of drug-likeness (QED) is 0.604. The number of hydrogen-bond acceptors (Lipinski definition) is 7. The van der Waals surface area contributed by atoms with Gasteiger partial charge in [0.05, 0.1) is 6.61 Å². The zero-order chi connectivity index (χ0) is 17.6. The molecule has 1 aromatic carbocycles. The Morgan fingerprint density at radius 1 is 1.12 bits per heavy atom. The molecule has 0 amide bonds. The zero-order valence-electron chi connectivity index (χ0n) is 14.1. The Morgan fingerprint density at radius 2 is 1.84 bits per heavy atom. The van der Waals surface area contributed by atoms with Gasteiger partial charge < -0.3 is 23.7 Å². The van der Waals surface area contributed by atoms with Gasteiger partial charge in [0.15, 0.2) is 18.2 Å². The highest BCUT2D eigenvalue weighted by Gasteiger charge is 2.58. The molecule has 3 saturated heterocycles.